The molecule has 0 saturated heterocycles. The van der Waals surface area contributed by atoms with Crippen molar-refractivity contribution in [3.05, 3.63) is 56.3 Å². The Labute approximate surface area is 152 Å². The Morgan fingerprint density at radius 1 is 1.04 bits per heavy atom. The fourth-order valence-electron chi connectivity index (χ4n) is 2.84. The van der Waals surface area contributed by atoms with Gasteiger partial charge < -0.3 is 10.6 Å². The van der Waals surface area contributed by atoms with E-state index in [1.165, 1.54) is 0 Å². The zero-order valence-electron chi connectivity index (χ0n) is 14.9. The van der Waals surface area contributed by atoms with E-state index in [2.05, 4.69) is 10.6 Å². The number of amides is 1. The highest BCUT2D eigenvalue weighted by molar-refractivity contribution is 5.75. The van der Waals surface area contributed by atoms with Gasteiger partial charge in [-0.1, -0.05) is 43.7 Å². The van der Waals surface area contributed by atoms with E-state index in [-0.39, 0.29) is 12.5 Å². The zero-order chi connectivity index (χ0) is 18.9. The van der Waals surface area contributed by atoms with Gasteiger partial charge in [-0.3, -0.25) is 19.6 Å². The van der Waals surface area contributed by atoms with Crippen molar-refractivity contribution in [1.29, 1.82) is 0 Å². The van der Waals surface area contributed by atoms with Crippen molar-refractivity contribution in [2.45, 2.75) is 45.1 Å². The number of unbranched alkanes of at least 4 members (excludes halogenated alkanes) is 2. The van der Waals surface area contributed by atoms with Crippen molar-refractivity contribution in [3.63, 3.8) is 0 Å². The van der Waals surface area contributed by atoms with Gasteiger partial charge in [0.25, 0.3) is 10.9 Å². The van der Waals surface area contributed by atoms with E-state index >= 15 is 0 Å². The van der Waals surface area contributed by atoms with Crippen molar-refractivity contribution < 1.29 is 10.0 Å². The maximum Gasteiger partial charge on any atom is 0.253 e. The number of carbonyl (C=O) groups excluding carboxylic acids is 1. The molecule has 4 N–H and O–H groups in total. The summed E-state index contributed by atoms with van der Waals surface area (Å²) in [4.78, 5) is 34.7. The maximum absolute atomic E-state index is 11.9. The van der Waals surface area contributed by atoms with Crippen molar-refractivity contribution in [2.75, 3.05) is 17.2 Å². The maximum atomic E-state index is 11.9. The number of nitrogens with one attached hydrogen (secondary N) is 3. The molecule has 0 spiro atoms. The summed E-state index contributed by atoms with van der Waals surface area (Å²) in [6, 6.07) is 9.77. The summed E-state index contributed by atoms with van der Waals surface area (Å²) in [6.07, 6.45) is 3.23. The van der Waals surface area contributed by atoms with Crippen LogP contribution < -0.4 is 27.0 Å². The lowest BCUT2D eigenvalue weighted by Gasteiger charge is -2.22. The van der Waals surface area contributed by atoms with E-state index in [0.29, 0.717) is 24.3 Å². The normalized spacial score (nSPS) is 11.9. The third-order valence-electron chi connectivity index (χ3n) is 4.35. The molecule has 0 aliphatic rings. The Kier molecular flexibility index (Phi) is 7.35. The Bertz CT molecular complexity index is 782. The molecule has 7 nitrogen and oxygen atoms in total. The molecular weight excluding hydrogens is 334 g/mol. The molecule has 0 unspecified atom stereocenters. The van der Waals surface area contributed by atoms with Gasteiger partial charge in [0, 0.05) is 13.0 Å². The zero-order valence-corrected chi connectivity index (χ0v) is 14.9. The van der Waals surface area contributed by atoms with Crippen LogP contribution in [0, 0.1) is 0 Å². The van der Waals surface area contributed by atoms with Gasteiger partial charge in [-0.05, 0) is 24.8 Å². The summed E-state index contributed by atoms with van der Waals surface area (Å²) >= 11 is 0. The Hall–Kier alpha value is -2.67. The van der Waals surface area contributed by atoms with Crippen LogP contribution in [0.4, 0.5) is 11.4 Å². The van der Waals surface area contributed by atoms with Crippen LogP contribution in [0.25, 0.3) is 0 Å². The molecule has 1 amide bonds. The van der Waals surface area contributed by atoms with Crippen LogP contribution >= 0.6 is 0 Å². The number of rotatable bonds is 11. The predicted molar refractivity (Wildman–Crippen MR) is 101 cm³/mol. The average Bonchev–Trinajstić information content (AvgIpc) is 2.69. The lowest BCUT2D eigenvalue weighted by Crippen LogP contribution is -2.38. The molecule has 7 heteroatoms. The quantitative estimate of drug-likeness (QED) is 0.212. The van der Waals surface area contributed by atoms with Crippen LogP contribution in [0.3, 0.4) is 0 Å². The summed E-state index contributed by atoms with van der Waals surface area (Å²) in [5.74, 6) is -0.404. The number of hydrogen-bond donors (Lipinski definition) is 4. The van der Waals surface area contributed by atoms with Crippen LogP contribution in [-0.2, 0) is 4.79 Å². The number of benzene rings is 1. The van der Waals surface area contributed by atoms with Gasteiger partial charge in [-0.2, -0.15) is 0 Å². The molecule has 1 atom stereocenters. The number of hydrogen-bond acceptors (Lipinski definition) is 6. The first-order valence-corrected chi connectivity index (χ1v) is 8.90. The molecular formula is C19H25N3O4. The third-order valence-corrected chi connectivity index (χ3v) is 4.35. The summed E-state index contributed by atoms with van der Waals surface area (Å²) in [5.41, 5.74) is 2.38. The first-order valence-electron chi connectivity index (χ1n) is 8.90. The minimum Gasteiger partial charge on any atom is -0.380 e. The molecule has 0 heterocycles. The highest BCUT2D eigenvalue weighted by Crippen LogP contribution is 2.24. The van der Waals surface area contributed by atoms with Crippen molar-refractivity contribution in [3.8, 4) is 0 Å². The Morgan fingerprint density at radius 3 is 2.38 bits per heavy atom. The molecule has 26 heavy (non-hydrogen) atoms. The number of hydroxylamine groups is 1. The second-order valence-electron chi connectivity index (χ2n) is 6.20. The third kappa shape index (κ3) is 4.92. The van der Waals surface area contributed by atoms with Gasteiger partial charge in [0.1, 0.15) is 11.4 Å². The molecule has 0 fully saturated rings. The van der Waals surface area contributed by atoms with E-state index in [4.69, 9.17) is 5.21 Å². The number of anilines is 2. The standard InChI is InChI=1S/C19H25N3O4/c1-2-14(13-9-5-3-6-10-13)21-17-16(18(24)19(17)25)20-12-8-4-7-11-15(23)22-26/h3,5-6,9-10,14,20-21,26H,2,4,7-8,11-12H2,1H3,(H,22,23)/t14-/m0/s1. The monoisotopic (exact) mass is 359 g/mol. The SMILES string of the molecule is CC[C@H](Nc1c(NCCCCCC(=O)NO)c(=O)c1=O)c1ccccc1. The van der Waals surface area contributed by atoms with Gasteiger partial charge >= 0.3 is 0 Å². The fourth-order valence-corrected chi connectivity index (χ4v) is 2.84. The van der Waals surface area contributed by atoms with Crippen LogP contribution in [0.5, 0.6) is 0 Å². The first kappa shape index (κ1) is 19.7. The van der Waals surface area contributed by atoms with E-state index in [0.717, 1.165) is 24.8 Å². The lowest BCUT2D eigenvalue weighted by atomic mass is 10.0. The molecule has 0 bridgehead atoms. The smallest absolute Gasteiger partial charge is 0.253 e. The summed E-state index contributed by atoms with van der Waals surface area (Å²) < 4.78 is 0. The molecule has 2 aromatic rings. The molecule has 0 aliphatic heterocycles. The summed E-state index contributed by atoms with van der Waals surface area (Å²) in [7, 11) is 0. The molecule has 0 radical (unpaired) electrons. The summed E-state index contributed by atoms with van der Waals surface area (Å²) in [5, 5.41) is 14.6. The highest BCUT2D eigenvalue weighted by Gasteiger charge is 2.23. The van der Waals surface area contributed by atoms with E-state index in [1.807, 2.05) is 37.3 Å². The minimum absolute atomic E-state index is 0.0305. The van der Waals surface area contributed by atoms with Crippen LogP contribution in [0.1, 0.15) is 50.6 Å². The molecule has 2 aromatic carbocycles. The first-order chi connectivity index (χ1) is 12.6. The Balaban J connectivity index is 1.88. The van der Waals surface area contributed by atoms with Gasteiger partial charge in [0.15, 0.2) is 0 Å². The molecule has 0 saturated carbocycles. The van der Waals surface area contributed by atoms with Crippen LogP contribution in [0.2, 0.25) is 0 Å². The van der Waals surface area contributed by atoms with E-state index in [1.54, 1.807) is 5.48 Å². The van der Waals surface area contributed by atoms with Gasteiger partial charge in [-0.25, -0.2) is 5.48 Å². The fraction of sp³-hybridized carbons (Fsp3) is 0.421. The Morgan fingerprint density at radius 2 is 1.73 bits per heavy atom. The van der Waals surface area contributed by atoms with Crippen molar-refractivity contribution >= 4 is 17.3 Å². The predicted octanol–water partition coefficient (Wildman–Crippen LogP) is 2.32. The van der Waals surface area contributed by atoms with Crippen LogP contribution in [0.15, 0.2) is 39.9 Å². The second kappa shape index (κ2) is 9.72. The molecule has 140 valence electrons. The molecule has 0 aliphatic carbocycles. The van der Waals surface area contributed by atoms with Gasteiger partial charge in [0.05, 0.1) is 6.04 Å². The largest absolute Gasteiger partial charge is 0.380 e. The van der Waals surface area contributed by atoms with Crippen LogP contribution in [-0.4, -0.2) is 17.7 Å². The van der Waals surface area contributed by atoms with E-state index in [9.17, 15) is 14.4 Å². The van der Waals surface area contributed by atoms with Gasteiger partial charge in [-0.15, -0.1) is 0 Å². The topological polar surface area (TPSA) is 108 Å². The van der Waals surface area contributed by atoms with Gasteiger partial charge in [0.2, 0.25) is 5.91 Å². The lowest BCUT2D eigenvalue weighted by molar-refractivity contribution is -0.129. The van der Waals surface area contributed by atoms with Crippen molar-refractivity contribution in [2.24, 2.45) is 0 Å². The average molecular weight is 359 g/mol. The molecule has 0 aromatic heterocycles. The summed E-state index contributed by atoms with van der Waals surface area (Å²) in [6.45, 7) is 2.56. The molecule has 2 rings (SSSR count). The second-order valence-corrected chi connectivity index (χ2v) is 6.20. The minimum atomic E-state index is -0.491. The highest BCUT2D eigenvalue weighted by atomic mass is 16.5. The van der Waals surface area contributed by atoms with E-state index < -0.39 is 16.8 Å². The number of carbonyl (C=O) groups is 1. The van der Waals surface area contributed by atoms with Crippen molar-refractivity contribution in [1.82, 2.24) is 5.48 Å².